The Morgan fingerprint density at radius 2 is 2.24 bits per heavy atom. The van der Waals surface area contributed by atoms with Crippen LogP contribution in [0.25, 0.3) is 0 Å². The van der Waals surface area contributed by atoms with E-state index in [4.69, 9.17) is 5.73 Å². The third-order valence-corrected chi connectivity index (χ3v) is 2.89. The lowest BCUT2D eigenvalue weighted by Gasteiger charge is -2.31. The molecule has 0 saturated carbocycles. The van der Waals surface area contributed by atoms with Gasteiger partial charge in [-0.1, -0.05) is 13.8 Å². The first-order valence-corrected chi connectivity index (χ1v) is 6.43. The SMILES string of the molecule is CC(C)CC(C)(CN)NC(=O)Cn1cc([N+](=O)[O-])cn1.Cl. The highest BCUT2D eigenvalue weighted by molar-refractivity contribution is 5.85. The van der Waals surface area contributed by atoms with Crippen LogP contribution in [0.3, 0.4) is 0 Å². The molecule has 0 aromatic carbocycles. The third kappa shape index (κ3) is 6.09. The molecule has 120 valence electrons. The molecular weight excluding hydrogens is 298 g/mol. The van der Waals surface area contributed by atoms with Crippen molar-refractivity contribution in [2.75, 3.05) is 6.54 Å². The highest BCUT2D eigenvalue weighted by Crippen LogP contribution is 2.15. The minimum atomic E-state index is -0.551. The number of nitrogens with zero attached hydrogens (tertiary/aromatic N) is 3. The number of nitro groups is 1. The van der Waals surface area contributed by atoms with Gasteiger partial charge in [0.25, 0.3) is 0 Å². The van der Waals surface area contributed by atoms with Crippen LogP contribution in [0.5, 0.6) is 0 Å². The van der Waals surface area contributed by atoms with Crippen molar-refractivity contribution in [3.63, 3.8) is 0 Å². The number of hydrogen-bond donors (Lipinski definition) is 2. The van der Waals surface area contributed by atoms with E-state index in [-0.39, 0.29) is 30.5 Å². The van der Waals surface area contributed by atoms with E-state index in [0.717, 1.165) is 12.6 Å². The summed E-state index contributed by atoms with van der Waals surface area (Å²) in [7, 11) is 0. The first-order chi connectivity index (χ1) is 9.25. The van der Waals surface area contributed by atoms with Crippen molar-refractivity contribution < 1.29 is 9.72 Å². The van der Waals surface area contributed by atoms with E-state index in [1.165, 1.54) is 10.9 Å². The molecule has 1 aromatic heterocycles. The van der Waals surface area contributed by atoms with Crippen LogP contribution in [-0.4, -0.2) is 32.7 Å². The smallest absolute Gasteiger partial charge is 0.307 e. The van der Waals surface area contributed by atoms with Gasteiger partial charge in [0.05, 0.1) is 4.92 Å². The van der Waals surface area contributed by atoms with E-state index in [2.05, 4.69) is 24.3 Å². The molecule has 1 atom stereocenters. The largest absolute Gasteiger partial charge is 0.348 e. The van der Waals surface area contributed by atoms with Crippen LogP contribution in [0.4, 0.5) is 5.69 Å². The Morgan fingerprint density at radius 1 is 1.62 bits per heavy atom. The number of rotatable bonds is 7. The summed E-state index contributed by atoms with van der Waals surface area (Å²) < 4.78 is 1.24. The number of nitrogens with two attached hydrogens (primary N) is 1. The van der Waals surface area contributed by atoms with Gasteiger partial charge in [-0.15, -0.1) is 12.4 Å². The standard InChI is InChI=1S/C12H21N5O3.ClH/c1-9(2)4-12(3,8-13)15-11(18)7-16-6-10(5-14-16)17(19)20;/h5-6,9H,4,7-8,13H2,1-3H3,(H,15,18);1H. The highest BCUT2D eigenvalue weighted by Gasteiger charge is 2.26. The molecule has 0 aliphatic rings. The quantitative estimate of drug-likeness (QED) is 0.576. The molecule has 3 N–H and O–H groups in total. The maximum atomic E-state index is 12.0. The van der Waals surface area contributed by atoms with Gasteiger partial charge in [-0.25, -0.2) is 0 Å². The van der Waals surface area contributed by atoms with Crippen LogP contribution in [0, 0.1) is 16.0 Å². The summed E-state index contributed by atoms with van der Waals surface area (Å²) in [5, 5.41) is 17.2. The molecule has 0 fully saturated rings. The molecule has 0 saturated heterocycles. The first-order valence-electron chi connectivity index (χ1n) is 6.43. The van der Waals surface area contributed by atoms with Crippen LogP contribution in [0.15, 0.2) is 12.4 Å². The van der Waals surface area contributed by atoms with Crippen LogP contribution in [0.2, 0.25) is 0 Å². The Morgan fingerprint density at radius 3 is 2.67 bits per heavy atom. The maximum Gasteiger partial charge on any atom is 0.307 e. The van der Waals surface area contributed by atoms with E-state index < -0.39 is 10.5 Å². The fourth-order valence-corrected chi connectivity index (χ4v) is 2.14. The van der Waals surface area contributed by atoms with Crippen LogP contribution in [-0.2, 0) is 11.3 Å². The number of carbonyl (C=O) groups excluding carboxylic acids is 1. The molecule has 0 bridgehead atoms. The van der Waals surface area contributed by atoms with E-state index in [1.54, 1.807) is 0 Å². The molecule has 1 heterocycles. The minimum absolute atomic E-state index is 0. The fraction of sp³-hybridized carbons (Fsp3) is 0.667. The van der Waals surface area contributed by atoms with E-state index in [1.807, 2.05) is 6.92 Å². The average molecular weight is 320 g/mol. The molecular formula is C12H22ClN5O3. The molecule has 1 rings (SSSR count). The number of aromatic nitrogens is 2. The molecule has 8 nitrogen and oxygen atoms in total. The summed E-state index contributed by atoms with van der Waals surface area (Å²) in [6, 6.07) is 0. The average Bonchev–Trinajstić information content (AvgIpc) is 2.76. The second kappa shape index (κ2) is 7.94. The summed E-state index contributed by atoms with van der Waals surface area (Å²) in [5.41, 5.74) is 5.10. The van der Waals surface area contributed by atoms with Gasteiger partial charge in [-0.2, -0.15) is 5.10 Å². The van der Waals surface area contributed by atoms with Gasteiger partial charge < -0.3 is 11.1 Å². The van der Waals surface area contributed by atoms with Crippen molar-refractivity contribution in [1.82, 2.24) is 15.1 Å². The monoisotopic (exact) mass is 319 g/mol. The Kier molecular flexibility index (Phi) is 7.31. The van der Waals surface area contributed by atoms with Gasteiger partial charge in [-0.05, 0) is 19.3 Å². The maximum absolute atomic E-state index is 12.0. The molecule has 1 amide bonds. The predicted molar refractivity (Wildman–Crippen MR) is 81.2 cm³/mol. The molecule has 9 heteroatoms. The molecule has 21 heavy (non-hydrogen) atoms. The number of amides is 1. The topological polar surface area (TPSA) is 116 Å². The zero-order valence-corrected chi connectivity index (χ0v) is 13.2. The Bertz CT molecular complexity index is 491. The number of halogens is 1. The molecule has 0 aliphatic carbocycles. The summed E-state index contributed by atoms with van der Waals surface area (Å²) in [4.78, 5) is 21.9. The highest BCUT2D eigenvalue weighted by atomic mass is 35.5. The second-order valence-electron chi connectivity index (χ2n) is 5.56. The van der Waals surface area contributed by atoms with Gasteiger partial charge >= 0.3 is 5.69 Å². The number of carbonyl (C=O) groups is 1. The minimum Gasteiger partial charge on any atom is -0.348 e. The summed E-state index contributed by atoms with van der Waals surface area (Å²) in [6.45, 7) is 6.25. The van der Waals surface area contributed by atoms with Crippen molar-refractivity contribution in [1.29, 1.82) is 0 Å². The van der Waals surface area contributed by atoms with Crippen molar-refractivity contribution in [2.24, 2.45) is 11.7 Å². The normalized spacial score (nSPS) is 13.4. The number of hydrogen-bond acceptors (Lipinski definition) is 5. The van der Waals surface area contributed by atoms with Gasteiger partial charge in [0, 0.05) is 12.1 Å². The lowest BCUT2D eigenvalue weighted by Crippen LogP contribution is -2.53. The Labute approximate surface area is 129 Å². The van der Waals surface area contributed by atoms with E-state index in [0.29, 0.717) is 12.5 Å². The van der Waals surface area contributed by atoms with Gasteiger partial charge in [0.15, 0.2) is 0 Å². The lowest BCUT2D eigenvalue weighted by molar-refractivity contribution is -0.385. The molecule has 1 aromatic rings. The van der Waals surface area contributed by atoms with Gasteiger partial charge in [-0.3, -0.25) is 19.6 Å². The number of nitrogens with one attached hydrogen (secondary N) is 1. The zero-order valence-electron chi connectivity index (χ0n) is 12.4. The Hall–Kier alpha value is -1.67. The fourth-order valence-electron chi connectivity index (χ4n) is 2.14. The third-order valence-electron chi connectivity index (χ3n) is 2.89. The van der Waals surface area contributed by atoms with Gasteiger partial charge in [0.2, 0.25) is 5.91 Å². The molecule has 1 unspecified atom stereocenters. The summed E-state index contributed by atoms with van der Waals surface area (Å²) in [6.07, 6.45) is 3.10. The predicted octanol–water partition coefficient (Wildman–Crippen LogP) is 1.09. The van der Waals surface area contributed by atoms with Crippen molar-refractivity contribution >= 4 is 24.0 Å². The van der Waals surface area contributed by atoms with Crippen molar-refractivity contribution in [3.8, 4) is 0 Å². The molecule has 0 aliphatic heterocycles. The first kappa shape index (κ1) is 19.3. The van der Waals surface area contributed by atoms with Crippen LogP contribution >= 0.6 is 12.4 Å². The lowest BCUT2D eigenvalue weighted by atomic mass is 9.91. The molecule has 0 spiro atoms. The summed E-state index contributed by atoms with van der Waals surface area (Å²) in [5.74, 6) is 0.131. The second-order valence-corrected chi connectivity index (χ2v) is 5.56. The van der Waals surface area contributed by atoms with E-state index >= 15 is 0 Å². The molecule has 0 radical (unpaired) electrons. The zero-order chi connectivity index (χ0) is 15.3. The Balaban J connectivity index is 0.00000400. The summed E-state index contributed by atoms with van der Waals surface area (Å²) >= 11 is 0. The van der Waals surface area contributed by atoms with E-state index in [9.17, 15) is 14.9 Å². The van der Waals surface area contributed by atoms with Gasteiger partial charge in [0.1, 0.15) is 18.9 Å². The van der Waals surface area contributed by atoms with Crippen LogP contribution in [0.1, 0.15) is 27.2 Å². The van der Waals surface area contributed by atoms with Crippen molar-refractivity contribution in [2.45, 2.75) is 39.3 Å². The van der Waals surface area contributed by atoms with Crippen LogP contribution < -0.4 is 11.1 Å². The van der Waals surface area contributed by atoms with Crippen molar-refractivity contribution in [3.05, 3.63) is 22.5 Å².